The third-order valence-electron chi connectivity index (χ3n) is 12.8. The number of aromatic nitrogens is 1. The van der Waals surface area contributed by atoms with Gasteiger partial charge in [0.1, 0.15) is 11.1 Å². The average molecular weight is 945 g/mol. The summed E-state index contributed by atoms with van der Waals surface area (Å²) in [6.45, 7) is 8.77. The maximum absolute atomic E-state index is 15.8. The van der Waals surface area contributed by atoms with Crippen LogP contribution in [0.15, 0.2) is 55.2 Å². The number of aliphatic imine (C=N–C) groups is 4. The number of carbonyl (C=O) groups excluding carboxylic acids is 1. The van der Waals surface area contributed by atoms with E-state index in [0.717, 1.165) is 25.7 Å². The van der Waals surface area contributed by atoms with Crippen LogP contribution in [0.3, 0.4) is 0 Å². The highest BCUT2D eigenvalue weighted by molar-refractivity contribution is 6.27. The van der Waals surface area contributed by atoms with Gasteiger partial charge in [0.05, 0.1) is 44.9 Å². The molecule has 3 aromatic rings. The molecule has 24 heteroatoms. The Morgan fingerprint density at radius 2 is 1.35 bits per heavy atom. The number of nitrogens with two attached hydrogens (primary N) is 6. The number of hydrogen-bond acceptors (Lipinski definition) is 11. The second kappa shape index (κ2) is 19.7. The summed E-state index contributed by atoms with van der Waals surface area (Å²) in [5.74, 6) is -5.20. The van der Waals surface area contributed by atoms with E-state index >= 15 is 8.78 Å². The zero-order valence-corrected chi connectivity index (χ0v) is 38.0. The van der Waals surface area contributed by atoms with Crippen LogP contribution in [0.2, 0.25) is 0 Å². The molecule has 1 unspecified atom stereocenters. The quantitative estimate of drug-likeness (QED) is 0.0214. The van der Waals surface area contributed by atoms with Gasteiger partial charge in [-0.1, -0.05) is 13.5 Å². The first-order valence-electron chi connectivity index (χ1n) is 22.3. The largest absolute Gasteiger partial charge is 0.478 e. The topological polar surface area (TPSA) is 335 Å². The zero-order valence-electron chi connectivity index (χ0n) is 38.0. The Bertz CT molecular complexity index is 2720. The van der Waals surface area contributed by atoms with E-state index < -0.39 is 51.6 Å². The van der Waals surface area contributed by atoms with E-state index in [4.69, 9.17) is 34.4 Å². The lowest BCUT2D eigenvalue weighted by Crippen LogP contribution is -2.51. The van der Waals surface area contributed by atoms with Gasteiger partial charge in [0.2, 0.25) is 23.1 Å². The minimum atomic E-state index is -1.51. The number of halogens is 2. The minimum Gasteiger partial charge on any atom is -0.478 e. The molecule has 2 aliphatic heterocycles. The predicted octanol–water partition coefficient (Wildman–Crippen LogP) is 1.13. The molecular formula is C44H58F2N16O6. The number of rotatable bonds is 14. The monoisotopic (exact) mass is 944 g/mol. The van der Waals surface area contributed by atoms with E-state index in [1.54, 1.807) is 37.3 Å². The lowest BCUT2D eigenvalue weighted by atomic mass is 9.98. The van der Waals surface area contributed by atoms with Gasteiger partial charge >= 0.3 is 11.9 Å². The molecule has 14 N–H and O–H groups in total. The van der Waals surface area contributed by atoms with Crippen molar-refractivity contribution in [3.8, 4) is 0 Å². The van der Waals surface area contributed by atoms with Crippen molar-refractivity contribution in [1.82, 2.24) is 14.4 Å². The van der Waals surface area contributed by atoms with Crippen molar-refractivity contribution in [1.29, 1.82) is 0 Å². The van der Waals surface area contributed by atoms with Crippen LogP contribution in [0.5, 0.6) is 0 Å². The van der Waals surface area contributed by atoms with Gasteiger partial charge in [0.25, 0.3) is 0 Å². The number of carboxylic acids is 2. The predicted molar refractivity (Wildman–Crippen MR) is 259 cm³/mol. The average Bonchev–Trinajstić information content (AvgIpc) is 4.25. The number of piperazine rings is 2. The van der Waals surface area contributed by atoms with Gasteiger partial charge in [-0.05, 0) is 50.2 Å². The van der Waals surface area contributed by atoms with Gasteiger partial charge in [-0.25, -0.2) is 18.4 Å². The molecule has 1 aromatic heterocycles. The van der Waals surface area contributed by atoms with Gasteiger partial charge in [-0.2, -0.15) is 9.98 Å². The van der Waals surface area contributed by atoms with Crippen LogP contribution in [0.25, 0.3) is 10.9 Å². The molecule has 4 fully saturated rings. The van der Waals surface area contributed by atoms with E-state index in [-0.39, 0.29) is 69.9 Å². The van der Waals surface area contributed by atoms with Crippen LogP contribution >= 0.6 is 0 Å². The number of ketones is 1. The van der Waals surface area contributed by atoms with E-state index in [2.05, 4.69) is 26.5 Å². The van der Waals surface area contributed by atoms with E-state index in [1.807, 2.05) is 11.8 Å². The second-order valence-corrected chi connectivity index (χ2v) is 17.5. The maximum Gasteiger partial charge on any atom is 0.341 e. The van der Waals surface area contributed by atoms with E-state index in [1.165, 1.54) is 12.3 Å². The maximum atomic E-state index is 15.8. The number of nitrogen functional groups attached to an aromatic ring is 2. The van der Waals surface area contributed by atoms with Gasteiger partial charge in [0, 0.05) is 90.8 Å². The summed E-state index contributed by atoms with van der Waals surface area (Å²) in [4.78, 5) is 75.7. The van der Waals surface area contributed by atoms with Gasteiger partial charge in [-0.15, -0.1) is 0 Å². The van der Waals surface area contributed by atoms with Crippen LogP contribution < -0.4 is 54.5 Å². The molecule has 0 amide bonds. The summed E-state index contributed by atoms with van der Waals surface area (Å²) >= 11 is 0. The van der Waals surface area contributed by atoms with Gasteiger partial charge in [-0.3, -0.25) is 19.6 Å². The number of nitrogens with zero attached hydrogens (tertiary/aromatic N) is 10. The van der Waals surface area contributed by atoms with Crippen molar-refractivity contribution in [3.05, 3.63) is 63.5 Å². The molecule has 0 radical (unpaired) electrons. The standard InChI is InChI=1S/C44H58F2N16O6/c1-22(20-54-42(50)56-44(52)61-16-12-59(13-17-61)30-19-28-32(36(48)34(30)46)38(64)26(40(67)68)21-62(28)25-6-7-25)8-9-53-41(49)55-43(51)60-14-10-58(11-15-60)29-18-27(57(3)24-4-5-24)31(35(47)33(29)45)37(63)23(2)39(65)66/h18-19,21-22,24-25H,2,4-17,20,47-48H2,1,3H3,(H,65,66)(H,67,68)(H4,49,51,53,55)(H4,50,52,54,56). The Hall–Kier alpha value is -7.66. The molecule has 2 aromatic carbocycles. The number of fused-ring (bicyclic) bond motifs is 1. The van der Waals surface area contributed by atoms with Gasteiger partial charge < -0.3 is 73.7 Å². The van der Waals surface area contributed by atoms with Crippen LogP contribution in [0, 0.1) is 17.6 Å². The molecule has 1 atom stereocenters. The normalized spacial score (nSPS) is 18.0. The Morgan fingerprint density at radius 3 is 1.87 bits per heavy atom. The molecule has 22 nitrogen and oxygen atoms in total. The molecule has 2 saturated heterocycles. The molecule has 2 aliphatic carbocycles. The number of benzene rings is 2. The third kappa shape index (κ3) is 10.2. The zero-order chi connectivity index (χ0) is 49.3. The van der Waals surface area contributed by atoms with Crippen molar-refractivity contribution in [2.75, 3.05) is 98.7 Å². The van der Waals surface area contributed by atoms with Crippen molar-refractivity contribution in [3.63, 3.8) is 0 Å². The number of aromatic carboxylic acids is 1. The van der Waals surface area contributed by atoms with Crippen molar-refractivity contribution in [2.24, 2.45) is 48.8 Å². The fourth-order valence-electron chi connectivity index (χ4n) is 8.38. The molecule has 3 heterocycles. The number of hydrogen-bond donors (Lipinski definition) is 8. The first-order valence-corrected chi connectivity index (χ1v) is 22.3. The Balaban J connectivity index is 0.888. The molecular weight excluding hydrogens is 887 g/mol. The van der Waals surface area contributed by atoms with E-state index in [0.29, 0.717) is 83.1 Å². The molecule has 0 bridgehead atoms. The number of Topliss-reactive ketones (excluding diaryl/α,β-unsaturated/α-hetero) is 1. The lowest BCUT2D eigenvalue weighted by Gasteiger charge is -2.37. The SMILES string of the molecule is C=C(C(=O)O)C(=O)c1c(N(C)C2CC2)cc(N2CCN(/C(N)=N/C(N)=NCCC(C)CN=C(N)/N=C(\N)N3CCN(c4cc5c(c(N)c4F)c(=O)c(C(=O)O)cn5C4CC4)CC3)CC2)c(F)c1N. The summed E-state index contributed by atoms with van der Waals surface area (Å²) in [6, 6.07) is 3.21. The highest BCUT2D eigenvalue weighted by Gasteiger charge is 2.35. The number of aliphatic carboxylic acids is 1. The number of guanidine groups is 4. The minimum absolute atomic E-state index is 0.000362. The number of carbonyl (C=O) groups is 3. The number of pyridine rings is 1. The molecule has 364 valence electrons. The molecule has 68 heavy (non-hydrogen) atoms. The fraction of sp³-hybridized carbons (Fsp3) is 0.455. The summed E-state index contributed by atoms with van der Waals surface area (Å²) in [6.07, 6.45) is 5.24. The number of carboxylic acid groups (broad SMARTS) is 2. The molecule has 4 aliphatic rings. The van der Waals surface area contributed by atoms with Crippen molar-refractivity contribution >= 4 is 80.9 Å². The first-order chi connectivity index (χ1) is 32.3. The first kappa shape index (κ1) is 48.3. The Labute approximate surface area is 389 Å². The third-order valence-corrected chi connectivity index (χ3v) is 12.8. The fourth-order valence-corrected chi connectivity index (χ4v) is 8.38. The molecule has 7 rings (SSSR count). The Morgan fingerprint density at radius 1 is 0.824 bits per heavy atom. The van der Waals surface area contributed by atoms with Crippen LogP contribution in [0.1, 0.15) is 65.8 Å². The van der Waals surface area contributed by atoms with Gasteiger partial charge in [0.15, 0.2) is 23.6 Å². The molecule has 2 saturated carbocycles. The highest BCUT2D eigenvalue weighted by atomic mass is 19.1. The van der Waals surface area contributed by atoms with Crippen LogP contribution in [-0.4, -0.2) is 145 Å². The van der Waals surface area contributed by atoms with E-state index in [9.17, 15) is 29.4 Å². The summed E-state index contributed by atoms with van der Waals surface area (Å²) in [5, 5.41) is 18.8. The van der Waals surface area contributed by atoms with Crippen LogP contribution in [-0.2, 0) is 4.79 Å². The Kier molecular flexibility index (Phi) is 14.0. The van der Waals surface area contributed by atoms with Crippen LogP contribution in [0.4, 0.5) is 37.2 Å². The second-order valence-electron chi connectivity index (χ2n) is 17.5. The number of anilines is 5. The smallest absolute Gasteiger partial charge is 0.341 e. The summed E-state index contributed by atoms with van der Waals surface area (Å²) < 4.78 is 33.3. The lowest BCUT2D eigenvalue weighted by molar-refractivity contribution is -0.132. The highest BCUT2D eigenvalue weighted by Crippen LogP contribution is 2.42. The molecule has 0 spiro atoms. The van der Waals surface area contributed by atoms with Crippen molar-refractivity contribution in [2.45, 2.75) is 51.1 Å². The van der Waals surface area contributed by atoms with Crippen molar-refractivity contribution < 1.29 is 33.4 Å². The summed E-state index contributed by atoms with van der Waals surface area (Å²) in [7, 11) is 1.76. The summed E-state index contributed by atoms with van der Waals surface area (Å²) in [5.41, 5.74) is 35.3.